The lowest BCUT2D eigenvalue weighted by atomic mass is 9.91. The first-order chi connectivity index (χ1) is 9.11. The quantitative estimate of drug-likeness (QED) is 0.877. The van der Waals surface area contributed by atoms with Gasteiger partial charge >= 0.3 is 0 Å². The highest BCUT2D eigenvalue weighted by Gasteiger charge is 2.21. The van der Waals surface area contributed by atoms with E-state index in [4.69, 9.17) is 10.5 Å². The number of methoxy groups -OCH3 is 1. The number of hydrogen-bond donors (Lipinski definition) is 2. The minimum atomic E-state index is 0.297. The van der Waals surface area contributed by atoms with Gasteiger partial charge in [-0.1, -0.05) is 18.9 Å². The number of hydrogen-bond acceptors (Lipinski definition) is 3. The van der Waals surface area contributed by atoms with Crippen molar-refractivity contribution in [2.24, 2.45) is 5.73 Å². The molecule has 0 heterocycles. The van der Waals surface area contributed by atoms with Gasteiger partial charge in [0.2, 0.25) is 0 Å². The van der Waals surface area contributed by atoms with Gasteiger partial charge in [0, 0.05) is 24.2 Å². The third kappa shape index (κ3) is 3.48. The van der Waals surface area contributed by atoms with E-state index in [-0.39, 0.29) is 0 Å². The monoisotopic (exact) mass is 262 g/mol. The lowest BCUT2D eigenvalue weighted by molar-refractivity contribution is 0.324. The molecule has 3 heteroatoms. The highest BCUT2D eigenvalue weighted by Crippen LogP contribution is 2.24. The Kier molecular flexibility index (Phi) is 4.83. The van der Waals surface area contributed by atoms with E-state index < -0.39 is 0 Å². The molecular formula is C16H26N2O. The van der Waals surface area contributed by atoms with Crippen molar-refractivity contribution in [1.29, 1.82) is 0 Å². The van der Waals surface area contributed by atoms with Crippen molar-refractivity contribution in [1.82, 2.24) is 5.32 Å². The Morgan fingerprint density at radius 3 is 2.58 bits per heavy atom. The summed E-state index contributed by atoms with van der Waals surface area (Å²) in [5, 5.41) is 3.60. The van der Waals surface area contributed by atoms with Crippen molar-refractivity contribution >= 4 is 0 Å². The Morgan fingerprint density at radius 1 is 1.21 bits per heavy atom. The summed E-state index contributed by atoms with van der Waals surface area (Å²) in [5.41, 5.74) is 9.98. The van der Waals surface area contributed by atoms with Crippen LogP contribution in [-0.4, -0.2) is 19.2 Å². The van der Waals surface area contributed by atoms with Crippen LogP contribution in [0.3, 0.4) is 0 Å². The molecule has 1 aromatic rings. The number of aryl methyl sites for hydroxylation is 2. The van der Waals surface area contributed by atoms with Crippen LogP contribution in [-0.2, 0) is 6.54 Å². The highest BCUT2D eigenvalue weighted by molar-refractivity contribution is 5.41. The largest absolute Gasteiger partial charge is 0.496 e. The minimum Gasteiger partial charge on any atom is -0.496 e. The molecule has 2 unspecified atom stereocenters. The van der Waals surface area contributed by atoms with Crippen LogP contribution in [0.1, 0.15) is 42.4 Å². The first-order valence-corrected chi connectivity index (χ1v) is 7.25. The van der Waals surface area contributed by atoms with E-state index in [2.05, 4.69) is 31.3 Å². The summed E-state index contributed by atoms with van der Waals surface area (Å²) >= 11 is 0. The molecule has 0 amide bonds. The lowest BCUT2D eigenvalue weighted by Gasteiger charge is -2.29. The zero-order chi connectivity index (χ0) is 13.8. The van der Waals surface area contributed by atoms with E-state index in [1.807, 2.05) is 0 Å². The second kappa shape index (κ2) is 6.40. The molecule has 3 N–H and O–H groups in total. The molecule has 0 aliphatic heterocycles. The van der Waals surface area contributed by atoms with Crippen LogP contribution >= 0.6 is 0 Å². The van der Waals surface area contributed by atoms with Gasteiger partial charge in [-0.05, 0) is 43.9 Å². The zero-order valence-electron chi connectivity index (χ0n) is 12.3. The maximum absolute atomic E-state index is 6.17. The number of nitrogens with two attached hydrogens (primary N) is 1. The molecule has 0 radical (unpaired) electrons. The molecule has 0 aromatic heterocycles. The third-order valence-corrected chi connectivity index (χ3v) is 4.27. The van der Waals surface area contributed by atoms with E-state index in [9.17, 15) is 0 Å². The van der Waals surface area contributed by atoms with Gasteiger partial charge < -0.3 is 15.8 Å². The van der Waals surface area contributed by atoms with Crippen molar-refractivity contribution in [2.75, 3.05) is 7.11 Å². The van der Waals surface area contributed by atoms with Gasteiger partial charge in [0.15, 0.2) is 0 Å². The second-order valence-electron chi connectivity index (χ2n) is 5.68. The number of rotatable bonds is 4. The minimum absolute atomic E-state index is 0.297. The Bertz CT molecular complexity index is 431. The summed E-state index contributed by atoms with van der Waals surface area (Å²) in [7, 11) is 1.74. The molecule has 0 saturated heterocycles. The van der Waals surface area contributed by atoms with Gasteiger partial charge in [-0.3, -0.25) is 0 Å². The molecule has 1 aromatic carbocycles. The fourth-order valence-corrected chi connectivity index (χ4v) is 2.83. The fraction of sp³-hybridized carbons (Fsp3) is 0.625. The molecular weight excluding hydrogens is 236 g/mol. The topological polar surface area (TPSA) is 47.3 Å². The predicted molar refractivity (Wildman–Crippen MR) is 79.5 cm³/mol. The van der Waals surface area contributed by atoms with Crippen molar-refractivity contribution in [3.8, 4) is 5.75 Å². The molecule has 0 bridgehead atoms. The van der Waals surface area contributed by atoms with Crippen LogP contribution in [0.25, 0.3) is 0 Å². The smallest absolute Gasteiger partial charge is 0.123 e. The molecule has 19 heavy (non-hydrogen) atoms. The molecule has 2 rings (SSSR count). The van der Waals surface area contributed by atoms with Gasteiger partial charge in [-0.25, -0.2) is 0 Å². The number of ether oxygens (including phenoxy) is 1. The summed E-state index contributed by atoms with van der Waals surface area (Å²) in [6.07, 6.45) is 4.89. The summed E-state index contributed by atoms with van der Waals surface area (Å²) in [5.74, 6) is 0.972. The van der Waals surface area contributed by atoms with E-state index in [1.54, 1.807) is 7.11 Å². The molecule has 1 fully saturated rings. The van der Waals surface area contributed by atoms with Gasteiger partial charge in [-0.15, -0.1) is 0 Å². The SMILES string of the molecule is COc1cc(C)c(C)cc1CNC1CCCCC1N. The molecule has 1 aliphatic rings. The van der Waals surface area contributed by atoms with Crippen molar-refractivity contribution in [3.05, 3.63) is 28.8 Å². The van der Waals surface area contributed by atoms with Gasteiger partial charge in [-0.2, -0.15) is 0 Å². The number of nitrogens with one attached hydrogen (secondary N) is 1. The maximum Gasteiger partial charge on any atom is 0.123 e. The third-order valence-electron chi connectivity index (χ3n) is 4.27. The standard InChI is InChI=1S/C16H26N2O/c1-11-8-13(16(19-3)9-12(11)2)10-18-15-7-5-4-6-14(15)17/h8-9,14-15,18H,4-7,10,17H2,1-3H3. The lowest BCUT2D eigenvalue weighted by Crippen LogP contribution is -2.46. The van der Waals surface area contributed by atoms with E-state index in [1.165, 1.54) is 36.0 Å². The molecule has 0 spiro atoms. The molecule has 1 aliphatic carbocycles. The van der Waals surface area contributed by atoms with Crippen molar-refractivity contribution < 1.29 is 4.74 Å². The normalized spacial score (nSPS) is 23.4. The fourth-order valence-electron chi connectivity index (χ4n) is 2.83. The summed E-state index contributed by atoms with van der Waals surface area (Å²) in [4.78, 5) is 0. The number of benzene rings is 1. The predicted octanol–water partition coefficient (Wildman–Crippen LogP) is 2.67. The van der Waals surface area contributed by atoms with Crippen molar-refractivity contribution in [3.63, 3.8) is 0 Å². The second-order valence-corrected chi connectivity index (χ2v) is 5.68. The van der Waals surface area contributed by atoms with E-state index in [0.29, 0.717) is 12.1 Å². The first-order valence-electron chi connectivity index (χ1n) is 7.25. The maximum atomic E-state index is 6.17. The van der Waals surface area contributed by atoms with Gasteiger partial charge in [0.25, 0.3) is 0 Å². The summed E-state index contributed by atoms with van der Waals surface area (Å²) in [6, 6.07) is 5.08. The average Bonchev–Trinajstić information content (AvgIpc) is 2.41. The highest BCUT2D eigenvalue weighted by atomic mass is 16.5. The Labute approximate surface area is 116 Å². The molecule has 106 valence electrons. The molecule has 3 nitrogen and oxygen atoms in total. The summed E-state index contributed by atoms with van der Waals surface area (Å²) < 4.78 is 5.48. The van der Waals surface area contributed by atoms with Crippen LogP contribution in [0.4, 0.5) is 0 Å². The Morgan fingerprint density at radius 2 is 1.89 bits per heavy atom. The zero-order valence-corrected chi connectivity index (χ0v) is 12.3. The first kappa shape index (κ1) is 14.4. The van der Waals surface area contributed by atoms with Gasteiger partial charge in [0.05, 0.1) is 7.11 Å². The van der Waals surface area contributed by atoms with Crippen LogP contribution in [0, 0.1) is 13.8 Å². The molecule has 2 atom stereocenters. The van der Waals surface area contributed by atoms with Crippen LogP contribution < -0.4 is 15.8 Å². The van der Waals surface area contributed by atoms with Gasteiger partial charge in [0.1, 0.15) is 5.75 Å². The van der Waals surface area contributed by atoms with Crippen LogP contribution in [0.2, 0.25) is 0 Å². The van der Waals surface area contributed by atoms with E-state index in [0.717, 1.165) is 18.7 Å². The van der Waals surface area contributed by atoms with Crippen molar-refractivity contribution in [2.45, 2.75) is 58.2 Å². The average molecular weight is 262 g/mol. The van der Waals surface area contributed by atoms with Crippen LogP contribution in [0.15, 0.2) is 12.1 Å². The Balaban J connectivity index is 2.04. The molecule has 1 saturated carbocycles. The van der Waals surface area contributed by atoms with Crippen LogP contribution in [0.5, 0.6) is 5.75 Å². The Hall–Kier alpha value is -1.06. The summed E-state index contributed by atoms with van der Waals surface area (Å²) in [6.45, 7) is 5.10. The van der Waals surface area contributed by atoms with E-state index >= 15 is 0 Å².